The van der Waals surface area contributed by atoms with Crippen LogP contribution in [0.4, 0.5) is 5.82 Å². The Bertz CT molecular complexity index is 304. The highest BCUT2D eigenvalue weighted by Gasteiger charge is 2.22. The van der Waals surface area contributed by atoms with Gasteiger partial charge in [-0.15, -0.1) is 0 Å². The summed E-state index contributed by atoms with van der Waals surface area (Å²) in [4.78, 5) is 8.40. The van der Waals surface area contributed by atoms with Crippen molar-refractivity contribution in [1.82, 2.24) is 9.97 Å². The van der Waals surface area contributed by atoms with Gasteiger partial charge in [-0.3, -0.25) is 4.98 Å². The van der Waals surface area contributed by atoms with Gasteiger partial charge in [0.25, 0.3) is 0 Å². The van der Waals surface area contributed by atoms with E-state index in [1.807, 2.05) is 0 Å². The van der Waals surface area contributed by atoms with Crippen LogP contribution in [0.15, 0.2) is 12.4 Å². The van der Waals surface area contributed by atoms with Crippen LogP contribution in [0.3, 0.4) is 0 Å². The highest BCUT2D eigenvalue weighted by molar-refractivity contribution is 5.23. The Morgan fingerprint density at radius 3 is 2.47 bits per heavy atom. The van der Waals surface area contributed by atoms with Crippen molar-refractivity contribution >= 4 is 5.82 Å². The van der Waals surface area contributed by atoms with Crippen LogP contribution in [0.2, 0.25) is 0 Å². The van der Waals surface area contributed by atoms with Gasteiger partial charge in [0.05, 0.1) is 24.2 Å². The third kappa shape index (κ3) is 2.45. The molecule has 1 aromatic heterocycles. The molecular formula is C11H17N3O. The summed E-state index contributed by atoms with van der Waals surface area (Å²) in [5.41, 5.74) is 6.57. The van der Waals surface area contributed by atoms with Gasteiger partial charge in [0.1, 0.15) is 5.82 Å². The molecule has 1 aromatic rings. The summed E-state index contributed by atoms with van der Waals surface area (Å²) in [7, 11) is 1.79. The standard InChI is InChI=1S/C11H17N3O/c1-15-9-4-2-8(3-5-9)10-6-14-11(12)7-13-10/h6-9H,2-5H2,1H3,(H2,12,14). The third-order valence-corrected chi connectivity index (χ3v) is 3.12. The minimum Gasteiger partial charge on any atom is -0.382 e. The normalized spacial score (nSPS) is 26.5. The Labute approximate surface area is 89.9 Å². The largest absolute Gasteiger partial charge is 0.382 e. The molecule has 1 fully saturated rings. The molecule has 15 heavy (non-hydrogen) atoms. The van der Waals surface area contributed by atoms with Gasteiger partial charge in [0.2, 0.25) is 0 Å². The quantitative estimate of drug-likeness (QED) is 0.802. The SMILES string of the molecule is COC1CCC(c2cnc(N)cn2)CC1. The molecule has 82 valence electrons. The number of aromatic nitrogens is 2. The summed E-state index contributed by atoms with van der Waals surface area (Å²) in [5, 5.41) is 0. The first-order valence-corrected chi connectivity index (χ1v) is 5.40. The van der Waals surface area contributed by atoms with Gasteiger partial charge in [0, 0.05) is 13.0 Å². The predicted octanol–water partition coefficient (Wildman–Crippen LogP) is 1.73. The van der Waals surface area contributed by atoms with Gasteiger partial charge in [-0.25, -0.2) is 4.98 Å². The Kier molecular flexibility index (Phi) is 3.16. The average Bonchev–Trinajstić information content (AvgIpc) is 2.30. The number of nitrogens with two attached hydrogens (primary N) is 1. The lowest BCUT2D eigenvalue weighted by molar-refractivity contribution is 0.0655. The number of nitrogen functional groups attached to an aromatic ring is 1. The van der Waals surface area contributed by atoms with Crippen molar-refractivity contribution in [3.8, 4) is 0 Å². The highest BCUT2D eigenvalue weighted by Crippen LogP contribution is 2.32. The second-order valence-corrected chi connectivity index (χ2v) is 4.08. The van der Waals surface area contributed by atoms with Crippen molar-refractivity contribution in [3.63, 3.8) is 0 Å². The minimum absolute atomic E-state index is 0.433. The maximum absolute atomic E-state index is 5.51. The van der Waals surface area contributed by atoms with Crippen LogP contribution < -0.4 is 5.73 Å². The molecule has 1 aliphatic rings. The summed E-state index contributed by atoms with van der Waals surface area (Å²) >= 11 is 0. The molecule has 0 aliphatic heterocycles. The van der Waals surface area contributed by atoms with Crippen molar-refractivity contribution in [2.24, 2.45) is 0 Å². The topological polar surface area (TPSA) is 61.0 Å². The lowest BCUT2D eigenvalue weighted by Gasteiger charge is -2.26. The third-order valence-electron chi connectivity index (χ3n) is 3.12. The Hall–Kier alpha value is -1.16. The second-order valence-electron chi connectivity index (χ2n) is 4.08. The van der Waals surface area contributed by atoms with E-state index in [4.69, 9.17) is 10.5 Å². The summed E-state index contributed by atoms with van der Waals surface area (Å²) in [6.45, 7) is 0. The zero-order valence-electron chi connectivity index (χ0n) is 9.02. The van der Waals surface area contributed by atoms with Crippen LogP contribution in [0, 0.1) is 0 Å². The van der Waals surface area contributed by atoms with E-state index in [1.165, 1.54) is 0 Å². The fraction of sp³-hybridized carbons (Fsp3) is 0.636. The van der Waals surface area contributed by atoms with Crippen molar-refractivity contribution < 1.29 is 4.74 Å². The molecule has 0 atom stereocenters. The number of ether oxygens (including phenoxy) is 1. The van der Waals surface area contributed by atoms with Crippen LogP contribution >= 0.6 is 0 Å². The van der Waals surface area contributed by atoms with Gasteiger partial charge in [-0.2, -0.15) is 0 Å². The Balaban J connectivity index is 1.98. The minimum atomic E-state index is 0.433. The van der Waals surface area contributed by atoms with E-state index in [1.54, 1.807) is 19.5 Å². The number of hydrogen-bond acceptors (Lipinski definition) is 4. The average molecular weight is 207 g/mol. The maximum atomic E-state index is 5.51. The van der Waals surface area contributed by atoms with E-state index in [2.05, 4.69) is 9.97 Å². The van der Waals surface area contributed by atoms with Gasteiger partial charge in [-0.1, -0.05) is 0 Å². The molecule has 1 saturated carbocycles. The van der Waals surface area contributed by atoms with Crippen molar-refractivity contribution in [1.29, 1.82) is 0 Å². The van der Waals surface area contributed by atoms with Crippen molar-refractivity contribution in [3.05, 3.63) is 18.1 Å². The van der Waals surface area contributed by atoms with Crippen LogP contribution in [-0.2, 0) is 4.74 Å². The van der Waals surface area contributed by atoms with Crippen LogP contribution in [0.1, 0.15) is 37.3 Å². The van der Waals surface area contributed by atoms with Crippen LogP contribution in [0.5, 0.6) is 0 Å². The lowest BCUT2D eigenvalue weighted by atomic mass is 9.85. The molecule has 0 saturated heterocycles. The first-order valence-electron chi connectivity index (χ1n) is 5.40. The van der Waals surface area contributed by atoms with Gasteiger partial charge in [-0.05, 0) is 25.7 Å². The molecular weight excluding hydrogens is 190 g/mol. The number of rotatable bonds is 2. The molecule has 2 N–H and O–H groups in total. The Morgan fingerprint density at radius 1 is 1.20 bits per heavy atom. The molecule has 0 radical (unpaired) electrons. The monoisotopic (exact) mass is 207 g/mol. The first kappa shape index (κ1) is 10.4. The van der Waals surface area contributed by atoms with Gasteiger partial charge < -0.3 is 10.5 Å². The molecule has 1 heterocycles. The van der Waals surface area contributed by atoms with E-state index in [0.29, 0.717) is 17.8 Å². The smallest absolute Gasteiger partial charge is 0.141 e. The number of hydrogen-bond donors (Lipinski definition) is 1. The first-order chi connectivity index (χ1) is 7.29. The summed E-state index contributed by atoms with van der Waals surface area (Å²) < 4.78 is 5.34. The van der Waals surface area contributed by atoms with Gasteiger partial charge >= 0.3 is 0 Å². The van der Waals surface area contributed by atoms with E-state index in [0.717, 1.165) is 31.4 Å². The fourth-order valence-electron chi connectivity index (χ4n) is 2.15. The zero-order valence-corrected chi connectivity index (χ0v) is 9.02. The van der Waals surface area contributed by atoms with Gasteiger partial charge in [0.15, 0.2) is 0 Å². The fourth-order valence-corrected chi connectivity index (χ4v) is 2.15. The molecule has 0 unspecified atom stereocenters. The Morgan fingerprint density at radius 2 is 1.93 bits per heavy atom. The summed E-state index contributed by atoms with van der Waals surface area (Å²) in [5.74, 6) is 1.02. The number of methoxy groups -OCH3 is 1. The molecule has 2 rings (SSSR count). The van der Waals surface area contributed by atoms with E-state index < -0.39 is 0 Å². The molecule has 4 heteroatoms. The molecule has 1 aliphatic carbocycles. The molecule has 4 nitrogen and oxygen atoms in total. The van der Waals surface area contributed by atoms with E-state index >= 15 is 0 Å². The molecule has 0 bridgehead atoms. The van der Waals surface area contributed by atoms with Crippen LogP contribution in [0.25, 0.3) is 0 Å². The summed E-state index contributed by atoms with van der Waals surface area (Å²) in [6, 6.07) is 0. The lowest BCUT2D eigenvalue weighted by Crippen LogP contribution is -2.20. The maximum Gasteiger partial charge on any atom is 0.141 e. The van der Waals surface area contributed by atoms with Crippen LogP contribution in [-0.4, -0.2) is 23.2 Å². The highest BCUT2D eigenvalue weighted by atomic mass is 16.5. The second kappa shape index (κ2) is 4.57. The van der Waals surface area contributed by atoms with Crippen molar-refractivity contribution in [2.45, 2.75) is 37.7 Å². The van der Waals surface area contributed by atoms with E-state index in [-0.39, 0.29) is 0 Å². The number of anilines is 1. The van der Waals surface area contributed by atoms with Crippen molar-refractivity contribution in [2.75, 3.05) is 12.8 Å². The summed E-state index contributed by atoms with van der Waals surface area (Å²) in [6.07, 6.45) is 8.38. The number of nitrogens with zero attached hydrogens (tertiary/aromatic N) is 2. The molecule has 0 spiro atoms. The molecule has 0 aromatic carbocycles. The predicted molar refractivity (Wildman–Crippen MR) is 58.5 cm³/mol. The molecule has 0 amide bonds. The zero-order chi connectivity index (χ0) is 10.7. The van der Waals surface area contributed by atoms with E-state index in [9.17, 15) is 0 Å².